The molecular formula is C25H17Cl2FN8O3. The van der Waals surface area contributed by atoms with Crippen molar-refractivity contribution < 1.29 is 18.7 Å². The summed E-state index contributed by atoms with van der Waals surface area (Å²) in [5.41, 5.74) is 3.99. The van der Waals surface area contributed by atoms with Gasteiger partial charge in [0.2, 0.25) is 10.6 Å². The minimum absolute atomic E-state index is 0.00921. The van der Waals surface area contributed by atoms with Crippen LogP contribution in [0.4, 0.5) is 27.4 Å². The molecular weight excluding hydrogens is 550 g/mol. The highest BCUT2D eigenvalue weighted by molar-refractivity contribution is 6.28. The van der Waals surface area contributed by atoms with Crippen LogP contribution in [0.3, 0.4) is 0 Å². The molecule has 0 unspecified atom stereocenters. The first-order valence-electron chi connectivity index (χ1n) is 11.6. The molecule has 39 heavy (non-hydrogen) atoms. The van der Waals surface area contributed by atoms with E-state index in [1.807, 2.05) is 12.1 Å². The molecule has 2 aromatic carbocycles. The number of carbonyl (C=O) groups is 2. The number of ether oxygens (including phenoxy) is 1. The second kappa shape index (κ2) is 9.97. The first-order chi connectivity index (χ1) is 18.9. The summed E-state index contributed by atoms with van der Waals surface area (Å²) in [6, 6.07) is 8.83. The molecule has 2 aliphatic rings. The van der Waals surface area contributed by atoms with Crippen molar-refractivity contribution in [1.29, 1.82) is 0 Å². The van der Waals surface area contributed by atoms with Gasteiger partial charge in [-0.3, -0.25) is 9.59 Å². The predicted molar refractivity (Wildman–Crippen MR) is 140 cm³/mol. The molecule has 6 rings (SSSR count). The van der Waals surface area contributed by atoms with Crippen LogP contribution in [-0.2, 0) is 19.7 Å². The van der Waals surface area contributed by atoms with Gasteiger partial charge in [-0.1, -0.05) is 18.2 Å². The predicted octanol–water partition coefficient (Wildman–Crippen LogP) is 4.27. The van der Waals surface area contributed by atoms with Gasteiger partial charge in [-0.15, -0.1) is 0 Å². The minimum atomic E-state index is -0.719. The van der Waals surface area contributed by atoms with Gasteiger partial charge in [0, 0.05) is 13.1 Å². The van der Waals surface area contributed by atoms with E-state index in [2.05, 4.69) is 41.2 Å². The first kappa shape index (κ1) is 24.8. The molecule has 0 saturated heterocycles. The molecule has 4 N–H and O–H groups in total. The van der Waals surface area contributed by atoms with Gasteiger partial charge >= 0.3 is 0 Å². The highest BCUT2D eigenvalue weighted by Gasteiger charge is 2.27. The summed E-state index contributed by atoms with van der Waals surface area (Å²) in [7, 11) is 0. The van der Waals surface area contributed by atoms with Crippen LogP contribution < -0.4 is 26.0 Å². The van der Waals surface area contributed by atoms with Crippen LogP contribution in [0.15, 0.2) is 42.7 Å². The average molecular weight is 567 g/mol. The van der Waals surface area contributed by atoms with E-state index in [4.69, 9.17) is 27.9 Å². The molecule has 0 aliphatic carbocycles. The van der Waals surface area contributed by atoms with Gasteiger partial charge in [0.1, 0.15) is 6.61 Å². The van der Waals surface area contributed by atoms with E-state index >= 15 is 0 Å². The summed E-state index contributed by atoms with van der Waals surface area (Å²) in [6.45, 7) is 0.748. The molecule has 0 spiro atoms. The molecule has 14 heteroatoms. The molecule has 0 bridgehead atoms. The number of halogens is 3. The van der Waals surface area contributed by atoms with Gasteiger partial charge < -0.3 is 26.0 Å². The van der Waals surface area contributed by atoms with Crippen molar-refractivity contribution >= 4 is 58.0 Å². The van der Waals surface area contributed by atoms with Crippen LogP contribution in [0.25, 0.3) is 0 Å². The van der Waals surface area contributed by atoms with Crippen LogP contribution in [-0.4, -0.2) is 31.8 Å². The Hall–Kier alpha value is -4.55. The highest BCUT2D eigenvalue weighted by atomic mass is 35.5. The largest absolute Gasteiger partial charge is 0.483 e. The summed E-state index contributed by atoms with van der Waals surface area (Å²) in [5.74, 6) is -0.853. The molecule has 0 saturated carbocycles. The van der Waals surface area contributed by atoms with E-state index < -0.39 is 5.82 Å². The number of nitrogens with zero attached hydrogens (tertiary/aromatic N) is 4. The molecule has 2 amide bonds. The molecule has 4 aromatic rings. The number of benzene rings is 2. The Labute approximate surface area is 230 Å². The Morgan fingerprint density at radius 2 is 1.56 bits per heavy atom. The fourth-order valence-electron chi connectivity index (χ4n) is 4.42. The van der Waals surface area contributed by atoms with E-state index in [0.29, 0.717) is 40.2 Å². The number of aromatic nitrogens is 4. The molecule has 2 aliphatic heterocycles. The van der Waals surface area contributed by atoms with E-state index in [1.54, 1.807) is 18.2 Å². The van der Waals surface area contributed by atoms with Crippen molar-refractivity contribution in [3.8, 4) is 5.75 Å². The number of rotatable bonds is 7. The van der Waals surface area contributed by atoms with Crippen LogP contribution in [0, 0.1) is 5.82 Å². The summed E-state index contributed by atoms with van der Waals surface area (Å²) in [6.07, 6.45) is 2.36. The third-order valence-electron chi connectivity index (χ3n) is 6.21. The number of hydrogen-bond donors (Lipinski definition) is 4. The molecule has 196 valence electrons. The first-order valence-corrected chi connectivity index (χ1v) is 12.3. The lowest BCUT2D eigenvalue weighted by Crippen LogP contribution is -2.14. The van der Waals surface area contributed by atoms with Gasteiger partial charge in [-0.2, -0.15) is 9.97 Å². The molecule has 2 aromatic heterocycles. The lowest BCUT2D eigenvalue weighted by molar-refractivity contribution is 0.0958. The Balaban J connectivity index is 1.27. The van der Waals surface area contributed by atoms with Crippen LogP contribution in [0.5, 0.6) is 5.75 Å². The van der Waals surface area contributed by atoms with Crippen molar-refractivity contribution in [3.05, 3.63) is 86.9 Å². The molecule has 0 radical (unpaired) electrons. The zero-order valence-electron chi connectivity index (χ0n) is 19.8. The zero-order valence-corrected chi connectivity index (χ0v) is 21.3. The fraction of sp³-hybridized carbons (Fsp3) is 0.120. The lowest BCUT2D eigenvalue weighted by Gasteiger charge is -2.16. The summed E-state index contributed by atoms with van der Waals surface area (Å²) >= 11 is 11.8. The maximum Gasteiger partial charge on any atom is 0.254 e. The van der Waals surface area contributed by atoms with Gasteiger partial charge in [0.25, 0.3) is 11.8 Å². The third-order valence-corrected chi connectivity index (χ3v) is 6.57. The molecule has 11 nitrogen and oxygen atoms in total. The van der Waals surface area contributed by atoms with Crippen molar-refractivity contribution in [3.63, 3.8) is 0 Å². The monoisotopic (exact) mass is 566 g/mol. The Morgan fingerprint density at radius 3 is 2.41 bits per heavy atom. The fourth-order valence-corrected chi connectivity index (χ4v) is 4.69. The molecule has 0 fully saturated rings. The Bertz CT molecular complexity index is 1670. The van der Waals surface area contributed by atoms with Crippen LogP contribution in [0.2, 0.25) is 10.6 Å². The lowest BCUT2D eigenvalue weighted by atomic mass is 10.0. The summed E-state index contributed by atoms with van der Waals surface area (Å²) in [4.78, 5) is 40.7. The maximum absolute atomic E-state index is 14.2. The Kier molecular flexibility index (Phi) is 6.33. The van der Waals surface area contributed by atoms with Gasteiger partial charge in [-0.25, -0.2) is 14.4 Å². The van der Waals surface area contributed by atoms with Gasteiger partial charge in [0.15, 0.2) is 23.2 Å². The van der Waals surface area contributed by atoms with Crippen molar-refractivity contribution in [2.24, 2.45) is 0 Å². The summed E-state index contributed by atoms with van der Waals surface area (Å²) in [5, 5.41) is 11.4. The standard InChI is InChI=1S/C25H17Cl2FN8O3/c26-24-31-8-14(28)20(35-24)33-16-5-4-12(13-7-30-23(38)19(13)16)10-39-17-9-32-25(27)36-21(17)34-15-3-1-2-11-6-29-22(37)18(11)15/h1-5,8-9H,6-7,10H2,(H,29,37)(H,30,38)(H,31,33,35)(H,32,34,36). The number of hydrogen-bond acceptors (Lipinski definition) is 9. The zero-order chi connectivity index (χ0) is 27.1. The molecule has 4 heterocycles. The SMILES string of the molecule is O=C1NCc2cccc(Nc3nc(Cl)ncc3OCc3ccc(Nc4nc(Cl)ncc4F)c4c3CNC4=O)c21. The topological polar surface area (TPSA) is 143 Å². The van der Waals surface area contributed by atoms with E-state index in [-0.39, 0.29) is 52.9 Å². The van der Waals surface area contributed by atoms with E-state index in [1.165, 1.54) is 6.20 Å². The normalized spacial score (nSPS) is 13.4. The average Bonchev–Trinajstić information content (AvgIpc) is 3.50. The number of anilines is 4. The van der Waals surface area contributed by atoms with Gasteiger partial charge in [-0.05, 0) is 52.0 Å². The molecule has 0 atom stereocenters. The highest BCUT2D eigenvalue weighted by Crippen LogP contribution is 2.34. The Morgan fingerprint density at radius 1 is 0.872 bits per heavy atom. The number of fused-ring (bicyclic) bond motifs is 2. The second-order valence-corrected chi connectivity index (χ2v) is 9.23. The minimum Gasteiger partial charge on any atom is -0.483 e. The van der Waals surface area contributed by atoms with Crippen molar-refractivity contribution in [1.82, 2.24) is 30.6 Å². The quantitative estimate of drug-likeness (QED) is 0.241. The number of amides is 2. The number of carbonyl (C=O) groups excluding carboxylic acids is 2. The van der Waals surface area contributed by atoms with Crippen molar-refractivity contribution in [2.75, 3.05) is 10.6 Å². The smallest absolute Gasteiger partial charge is 0.254 e. The number of nitrogens with one attached hydrogen (secondary N) is 4. The van der Waals surface area contributed by atoms with Gasteiger partial charge in [0.05, 0.1) is 34.9 Å². The van der Waals surface area contributed by atoms with Crippen LogP contribution in [0.1, 0.15) is 37.4 Å². The summed E-state index contributed by atoms with van der Waals surface area (Å²) < 4.78 is 20.2. The third kappa shape index (κ3) is 4.75. The second-order valence-electron chi connectivity index (χ2n) is 8.56. The maximum atomic E-state index is 14.2. The van der Waals surface area contributed by atoms with Crippen LogP contribution >= 0.6 is 23.2 Å². The van der Waals surface area contributed by atoms with Crippen molar-refractivity contribution in [2.45, 2.75) is 19.7 Å². The van der Waals surface area contributed by atoms with E-state index in [9.17, 15) is 14.0 Å². The van der Waals surface area contributed by atoms with E-state index in [0.717, 1.165) is 11.8 Å².